The molecule has 2 aromatic rings. The Bertz CT molecular complexity index is 753. The molecule has 0 spiro atoms. The number of nitrogens with one attached hydrogen (secondary N) is 1. The average Bonchev–Trinajstić information content (AvgIpc) is 3.03. The number of hydrogen-bond donors (Lipinski definition) is 3. The molecule has 0 aliphatic heterocycles. The molecule has 1 saturated carbocycles. The van der Waals surface area contributed by atoms with E-state index in [1.807, 2.05) is 0 Å². The van der Waals surface area contributed by atoms with Gasteiger partial charge in [0.25, 0.3) is 0 Å². The molecule has 1 aliphatic carbocycles. The molecular weight excluding hydrogens is 345 g/mol. The zero-order valence-corrected chi connectivity index (χ0v) is 13.7. The van der Waals surface area contributed by atoms with Gasteiger partial charge in [-0.2, -0.15) is 4.98 Å². The van der Waals surface area contributed by atoms with Crippen LogP contribution in [0.1, 0.15) is 25.8 Å². The van der Waals surface area contributed by atoms with Crippen LogP contribution < -0.4 is 5.32 Å². The minimum atomic E-state index is -1.08. The summed E-state index contributed by atoms with van der Waals surface area (Å²) in [5.74, 6) is -0.189. The summed E-state index contributed by atoms with van der Waals surface area (Å²) in [4.78, 5) is 23.6. The van der Waals surface area contributed by atoms with Gasteiger partial charge in [0.1, 0.15) is 17.7 Å². The molecule has 3 rings (SSSR count). The topological polar surface area (TPSA) is 113 Å². The lowest BCUT2D eigenvalue weighted by Gasteiger charge is -2.18. The van der Waals surface area contributed by atoms with E-state index in [1.165, 1.54) is 6.33 Å². The Hall–Kier alpha value is -1.48. The normalized spacial score (nSPS) is 27.5. The Balaban J connectivity index is 1.94. The molecule has 10 heteroatoms. The molecule has 0 radical (unpaired) electrons. The zero-order valence-electron chi connectivity index (χ0n) is 12.1. The van der Waals surface area contributed by atoms with Gasteiger partial charge in [0, 0.05) is 6.42 Å². The van der Waals surface area contributed by atoms with Crippen molar-refractivity contribution in [2.75, 3.05) is 0 Å². The maximum atomic E-state index is 11.5. The average molecular weight is 360 g/mol. The van der Waals surface area contributed by atoms with Crippen LogP contribution in [0.4, 0.5) is 0 Å². The summed E-state index contributed by atoms with van der Waals surface area (Å²) in [7, 11) is 0. The first-order valence-electron chi connectivity index (χ1n) is 7.13. The number of amides is 1. The van der Waals surface area contributed by atoms with E-state index in [0.29, 0.717) is 24.0 Å². The molecule has 1 amide bonds. The fourth-order valence-electron chi connectivity index (χ4n) is 2.84. The Morgan fingerprint density at radius 1 is 1.39 bits per heavy atom. The van der Waals surface area contributed by atoms with Crippen LogP contribution in [-0.4, -0.2) is 53.9 Å². The van der Waals surface area contributed by atoms with E-state index in [9.17, 15) is 15.0 Å². The van der Waals surface area contributed by atoms with Gasteiger partial charge in [0.15, 0.2) is 10.8 Å². The fourth-order valence-corrected chi connectivity index (χ4v) is 3.26. The van der Waals surface area contributed by atoms with Crippen molar-refractivity contribution in [2.24, 2.45) is 0 Å². The Kier molecular flexibility index (Phi) is 4.41. The summed E-state index contributed by atoms with van der Waals surface area (Å²) in [6.45, 7) is 1.72. The number of aliphatic hydroxyl groups is 2. The predicted octanol–water partition coefficient (Wildman–Crippen LogP) is 0.694. The lowest BCUT2D eigenvalue weighted by atomic mass is 10.2. The van der Waals surface area contributed by atoms with E-state index in [0.717, 1.165) is 0 Å². The van der Waals surface area contributed by atoms with Gasteiger partial charge in [-0.25, -0.2) is 9.97 Å². The summed E-state index contributed by atoms with van der Waals surface area (Å²) >= 11 is 11.8. The van der Waals surface area contributed by atoms with Crippen molar-refractivity contribution in [1.82, 2.24) is 24.8 Å². The molecule has 8 nitrogen and oxygen atoms in total. The van der Waals surface area contributed by atoms with Crippen LogP contribution in [0.25, 0.3) is 11.2 Å². The fraction of sp³-hybridized carbons (Fsp3) is 0.538. The molecule has 2 aromatic heterocycles. The summed E-state index contributed by atoms with van der Waals surface area (Å²) in [6.07, 6.45) is -0.0655. The highest BCUT2D eigenvalue weighted by molar-refractivity contribution is 6.35. The van der Waals surface area contributed by atoms with Crippen LogP contribution in [0.5, 0.6) is 0 Å². The smallest absolute Gasteiger partial charge is 0.225 e. The molecule has 3 N–H and O–H groups in total. The Labute approximate surface area is 141 Å². The van der Waals surface area contributed by atoms with Crippen LogP contribution in [0, 0.1) is 0 Å². The molecule has 0 bridgehead atoms. The molecule has 0 saturated heterocycles. The number of nitrogens with zero attached hydrogens (tertiary/aromatic N) is 4. The number of fused-ring (bicyclic) bond motifs is 1. The first-order valence-corrected chi connectivity index (χ1v) is 7.89. The van der Waals surface area contributed by atoms with Gasteiger partial charge in [-0.05, 0) is 18.0 Å². The lowest BCUT2D eigenvalue weighted by molar-refractivity contribution is -0.122. The number of carbonyl (C=O) groups excluding carboxylic acids is 1. The second kappa shape index (κ2) is 6.20. The van der Waals surface area contributed by atoms with Crippen molar-refractivity contribution in [1.29, 1.82) is 0 Å². The molecule has 1 fully saturated rings. The van der Waals surface area contributed by atoms with Crippen LogP contribution in [0.2, 0.25) is 10.4 Å². The monoisotopic (exact) mass is 359 g/mol. The predicted molar refractivity (Wildman–Crippen MR) is 83.2 cm³/mol. The summed E-state index contributed by atoms with van der Waals surface area (Å²) < 4.78 is 1.60. The van der Waals surface area contributed by atoms with Gasteiger partial charge in [0.05, 0.1) is 18.4 Å². The minimum absolute atomic E-state index is 0.0341. The highest BCUT2D eigenvalue weighted by Crippen LogP contribution is 2.34. The Morgan fingerprint density at radius 3 is 2.83 bits per heavy atom. The third-order valence-corrected chi connectivity index (χ3v) is 4.46. The third kappa shape index (κ3) is 2.87. The first-order chi connectivity index (χ1) is 10.9. The van der Waals surface area contributed by atoms with Crippen molar-refractivity contribution in [3.8, 4) is 0 Å². The van der Waals surface area contributed by atoms with Crippen LogP contribution in [0.3, 0.4) is 0 Å². The number of hydrogen-bond acceptors (Lipinski definition) is 6. The van der Waals surface area contributed by atoms with Crippen LogP contribution >= 0.6 is 23.2 Å². The van der Waals surface area contributed by atoms with E-state index in [1.54, 1.807) is 11.5 Å². The van der Waals surface area contributed by atoms with Gasteiger partial charge in [-0.1, -0.05) is 18.5 Å². The quantitative estimate of drug-likeness (QED) is 0.549. The number of halogens is 2. The van der Waals surface area contributed by atoms with Crippen LogP contribution in [-0.2, 0) is 4.79 Å². The van der Waals surface area contributed by atoms with E-state index >= 15 is 0 Å². The second-order valence-corrected chi connectivity index (χ2v) is 6.12. The molecule has 1 aliphatic rings. The number of rotatable bonds is 3. The van der Waals surface area contributed by atoms with E-state index in [2.05, 4.69) is 20.3 Å². The largest absolute Gasteiger partial charge is 0.388 e. The number of aliphatic hydroxyl groups excluding tert-OH is 2. The van der Waals surface area contributed by atoms with Crippen molar-refractivity contribution in [2.45, 2.75) is 44.1 Å². The molecular formula is C13H15Cl2N5O3. The SMILES string of the molecule is CCC(=O)N[C@H]1C[C@@H](n2cnc3c(Cl)nc(Cl)nc32)C(O)C1O. The van der Waals surface area contributed by atoms with Crippen molar-refractivity contribution in [3.05, 3.63) is 16.8 Å². The highest BCUT2D eigenvalue weighted by atomic mass is 35.5. The standard InChI is InChI=1S/C13H15Cl2N5O3/c1-2-7(21)17-5-3-6(10(23)9(5)22)20-4-16-8-11(14)18-13(15)19-12(8)20/h4-6,9-10,22-23H,2-3H2,1H3,(H,17,21)/t5-,6+,9?,10?/m0/s1. The summed E-state index contributed by atoms with van der Waals surface area (Å²) in [5, 5.41) is 23.3. The van der Waals surface area contributed by atoms with E-state index in [-0.39, 0.29) is 16.3 Å². The van der Waals surface area contributed by atoms with Crippen molar-refractivity contribution in [3.63, 3.8) is 0 Å². The molecule has 2 unspecified atom stereocenters. The van der Waals surface area contributed by atoms with Gasteiger partial charge >= 0.3 is 0 Å². The molecule has 23 heavy (non-hydrogen) atoms. The van der Waals surface area contributed by atoms with Crippen molar-refractivity contribution >= 4 is 40.3 Å². The summed E-state index contributed by atoms with van der Waals surface area (Å²) in [6, 6.07) is -1.06. The molecule has 4 atom stereocenters. The number of aromatic nitrogens is 4. The van der Waals surface area contributed by atoms with E-state index < -0.39 is 24.3 Å². The maximum Gasteiger partial charge on any atom is 0.225 e. The summed E-state index contributed by atoms with van der Waals surface area (Å²) in [5.41, 5.74) is 0.729. The number of carbonyl (C=O) groups is 1. The molecule has 124 valence electrons. The van der Waals surface area contributed by atoms with Gasteiger partial charge in [-0.3, -0.25) is 4.79 Å². The van der Waals surface area contributed by atoms with Crippen molar-refractivity contribution < 1.29 is 15.0 Å². The number of imidazole rings is 1. The highest BCUT2D eigenvalue weighted by Gasteiger charge is 2.43. The lowest BCUT2D eigenvalue weighted by Crippen LogP contribution is -2.42. The maximum absolute atomic E-state index is 11.5. The van der Waals surface area contributed by atoms with Crippen LogP contribution in [0.15, 0.2) is 6.33 Å². The second-order valence-electron chi connectivity index (χ2n) is 5.42. The third-order valence-electron chi connectivity index (χ3n) is 4.03. The first kappa shape index (κ1) is 16.4. The Morgan fingerprint density at radius 2 is 2.13 bits per heavy atom. The zero-order chi connectivity index (χ0) is 16.7. The van der Waals surface area contributed by atoms with Gasteiger partial charge in [-0.15, -0.1) is 0 Å². The van der Waals surface area contributed by atoms with Gasteiger partial charge < -0.3 is 20.1 Å². The van der Waals surface area contributed by atoms with Gasteiger partial charge in [0.2, 0.25) is 11.2 Å². The van der Waals surface area contributed by atoms with E-state index in [4.69, 9.17) is 23.2 Å². The molecule has 0 aromatic carbocycles. The minimum Gasteiger partial charge on any atom is -0.388 e. The molecule has 2 heterocycles.